The molecule has 0 aliphatic carbocycles. The van der Waals surface area contributed by atoms with Gasteiger partial charge in [0, 0.05) is 13.0 Å². The van der Waals surface area contributed by atoms with Crippen molar-refractivity contribution in [3.05, 3.63) is 35.4 Å². The van der Waals surface area contributed by atoms with Crippen LogP contribution < -0.4 is 10.6 Å². The first-order valence-corrected chi connectivity index (χ1v) is 9.27. The van der Waals surface area contributed by atoms with Crippen LogP contribution >= 0.6 is 0 Å². The second kappa shape index (κ2) is 8.86. The van der Waals surface area contributed by atoms with Crippen LogP contribution in [-0.2, 0) is 24.7 Å². The van der Waals surface area contributed by atoms with Crippen LogP contribution in [0.4, 0.5) is 4.79 Å². The molecule has 8 heteroatoms. The highest BCUT2D eigenvalue weighted by Crippen LogP contribution is 2.29. The fraction of sp³-hybridized carbons (Fsp3) is 0.500. The number of carbonyl (C=O) groups is 4. The van der Waals surface area contributed by atoms with Gasteiger partial charge in [0.1, 0.15) is 12.1 Å². The number of nitrogens with zero attached hydrogens (tertiary/aromatic N) is 1. The number of amides is 4. The summed E-state index contributed by atoms with van der Waals surface area (Å²) in [4.78, 5) is 49.2. The molecule has 152 valence electrons. The number of rotatable bonds is 8. The van der Waals surface area contributed by atoms with Crippen molar-refractivity contribution < 1.29 is 23.9 Å². The first-order chi connectivity index (χ1) is 13.2. The van der Waals surface area contributed by atoms with Crippen LogP contribution in [0.15, 0.2) is 24.3 Å². The molecule has 0 radical (unpaired) electrons. The van der Waals surface area contributed by atoms with E-state index in [2.05, 4.69) is 29.2 Å². The van der Waals surface area contributed by atoms with Gasteiger partial charge in [-0.1, -0.05) is 38.1 Å². The van der Waals surface area contributed by atoms with Crippen molar-refractivity contribution in [1.29, 1.82) is 0 Å². The average Bonchev–Trinajstić information content (AvgIpc) is 2.89. The molecule has 1 aliphatic rings. The second-order valence-corrected chi connectivity index (χ2v) is 7.25. The SMILES string of the molecule is COC(=O)CCCNC(=O)CN1C(=O)N[C@](C)(c2ccc(C(C)C)cc2)C1=O. The lowest BCUT2D eigenvalue weighted by Crippen LogP contribution is -2.43. The third-order valence-corrected chi connectivity index (χ3v) is 4.84. The van der Waals surface area contributed by atoms with Gasteiger partial charge in [0.2, 0.25) is 5.91 Å². The number of ether oxygens (including phenoxy) is 1. The normalized spacial score (nSPS) is 19.0. The van der Waals surface area contributed by atoms with E-state index in [4.69, 9.17) is 0 Å². The van der Waals surface area contributed by atoms with Crippen molar-refractivity contribution in [1.82, 2.24) is 15.5 Å². The number of hydrogen-bond donors (Lipinski definition) is 2. The van der Waals surface area contributed by atoms with Gasteiger partial charge in [0.05, 0.1) is 7.11 Å². The summed E-state index contributed by atoms with van der Waals surface area (Å²) in [5.41, 5.74) is 0.584. The molecule has 28 heavy (non-hydrogen) atoms. The molecule has 0 unspecified atom stereocenters. The molecule has 0 bridgehead atoms. The van der Waals surface area contributed by atoms with E-state index < -0.39 is 23.4 Å². The van der Waals surface area contributed by atoms with Crippen LogP contribution in [-0.4, -0.2) is 48.9 Å². The average molecular weight is 389 g/mol. The number of methoxy groups -OCH3 is 1. The Morgan fingerprint density at radius 3 is 2.43 bits per heavy atom. The van der Waals surface area contributed by atoms with E-state index in [1.165, 1.54) is 7.11 Å². The molecule has 2 N–H and O–H groups in total. The summed E-state index contributed by atoms with van der Waals surface area (Å²) in [6.45, 7) is 5.66. The fourth-order valence-electron chi connectivity index (χ4n) is 3.00. The summed E-state index contributed by atoms with van der Waals surface area (Å²) in [7, 11) is 1.30. The maximum Gasteiger partial charge on any atom is 0.325 e. The minimum Gasteiger partial charge on any atom is -0.469 e. The Hall–Kier alpha value is -2.90. The van der Waals surface area contributed by atoms with Crippen molar-refractivity contribution in [2.75, 3.05) is 20.2 Å². The molecule has 0 aromatic heterocycles. The molecule has 8 nitrogen and oxygen atoms in total. The van der Waals surface area contributed by atoms with Crippen molar-refractivity contribution >= 4 is 23.8 Å². The van der Waals surface area contributed by atoms with Gasteiger partial charge >= 0.3 is 12.0 Å². The van der Waals surface area contributed by atoms with Gasteiger partial charge in [0.25, 0.3) is 5.91 Å². The number of urea groups is 1. The first-order valence-electron chi connectivity index (χ1n) is 9.27. The van der Waals surface area contributed by atoms with E-state index in [0.29, 0.717) is 17.9 Å². The lowest BCUT2D eigenvalue weighted by molar-refractivity contribution is -0.140. The van der Waals surface area contributed by atoms with Gasteiger partial charge in [-0.15, -0.1) is 0 Å². The summed E-state index contributed by atoms with van der Waals surface area (Å²) < 4.78 is 4.52. The summed E-state index contributed by atoms with van der Waals surface area (Å²) in [6.07, 6.45) is 0.600. The molecular weight excluding hydrogens is 362 g/mol. The van der Waals surface area contributed by atoms with Crippen LogP contribution in [0.5, 0.6) is 0 Å². The van der Waals surface area contributed by atoms with Crippen LogP contribution in [0.3, 0.4) is 0 Å². The van der Waals surface area contributed by atoms with E-state index in [9.17, 15) is 19.2 Å². The monoisotopic (exact) mass is 389 g/mol. The van der Waals surface area contributed by atoms with Crippen molar-refractivity contribution in [2.45, 2.75) is 45.1 Å². The summed E-state index contributed by atoms with van der Waals surface area (Å²) in [5, 5.41) is 5.28. The predicted octanol–water partition coefficient (Wildman–Crippen LogP) is 1.65. The third-order valence-electron chi connectivity index (χ3n) is 4.84. The molecule has 0 spiro atoms. The molecule has 1 heterocycles. The fourth-order valence-corrected chi connectivity index (χ4v) is 3.00. The number of imide groups is 1. The van der Waals surface area contributed by atoms with E-state index >= 15 is 0 Å². The molecule has 1 atom stereocenters. The number of nitrogens with one attached hydrogen (secondary N) is 2. The molecule has 1 saturated heterocycles. The van der Waals surface area contributed by atoms with Crippen molar-refractivity contribution in [3.8, 4) is 0 Å². The Morgan fingerprint density at radius 1 is 1.21 bits per heavy atom. The Labute approximate surface area is 164 Å². The van der Waals surface area contributed by atoms with Gasteiger partial charge in [-0.3, -0.25) is 19.3 Å². The number of benzene rings is 1. The number of esters is 1. The van der Waals surface area contributed by atoms with Crippen LogP contribution in [0, 0.1) is 0 Å². The van der Waals surface area contributed by atoms with E-state index in [1.807, 2.05) is 24.3 Å². The Kier molecular flexibility index (Phi) is 6.77. The molecule has 1 aromatic rings. The highest BCUT2D eigenvalue weighted by Gasteiger charge is 2.49. The van der Waals surface area contributed by atoms with Crippen LogP contribution in [0.25, 0.3) is 0 Å². The molecule has 1 aliphatic heterocycles. The number of carbonyl (C=O) groups excluding carboxylic acids is 4. The van der Waals surface area contributed by atoms with Gasteiger partial charge in [-0.2, -0.15) is 0 Å². The Balaban J connectivity index is 1.98. The second-order valence-electron chi connectivity index (χ2n) is 7.25. The summed E-state index contributed by atoms with van der Waals surface area (Å²) >= 11 is 0. The van der Waals surface area contributed by atoms with Gasteiger partial charge in [-0.05, 0) is 30.4 Å². The largest absolute Gasteiger partial charge is 0.469 e. The number of hydrogen-bond acceptors (Lipinski definition) is 5. The zero-order valence-electron chi connectivity index (χ0n) is 16.7. The molecule has 2 rings (SSSR count). The zero-order chi connectivity index (χ0) is 20.9. The topological polar surface area (TPSA) is 105 Å². The lowest BCUT2D eigenvalue weighted by Gasteiger charge is -2.22. The first kappa shape index (κ1) is 21.4. The third kappa shape index (κ3) is 4.68. The van der Waals surface area contributed by atoms with Crippen LogP contribution in [0.1, 0.15) is 50.7 Å². The minimum absolute atomic E-state index is 0.185. The molecule has 1 fully saturated rings. The highest BCUT2D eigenvalue weighted by atomic mass is 16.5. The molecule has 1 aromatic carbocycles. The van der Waals surface area contributed by atoms with Gasteiger partial charge in [-0.25, -0.2) is 4.79 Å². The van der Waals surface area contributed by atoms with E-state index in [-0.39, 0.29) is 25.5 Å². The van der Waals surface area contributed by atoms with Gasteiger partial charge < -0.3 is 15.4 Å². The maximum absolute atomic E-state index is 12.9. The smallest absolute Gasteiger partial charge is 0.325 e. The minimum atomic E-state index is -1.21. The van der Waals surface area contributed by atoms with Crippen LogP contribution in [0.2, 0.25) is 0 Å². The molecular formula is C20H27N3O5. The van der Waals surface area contributed by atoms with Crippen molar-refractivity contribution in [3.63, 3.8) is 0 Å². The summed E-state index contributed by atoms with van der Waals surface area (Å²) in [5.74, 6) is -0.940. The predicted molar refractivity (Wildman–Crippen MR) is 102 cm³/mol. The van der Waals surface area contributed by atoms with Gasteiger partial charge in [0.15, 0.2) is 0 Å². The van der Waals surface area contributed by atoms with E-state index in [1.54, 1.807) is 6.92 Å². The Morgan fingerprint density at radius 2 is 1.86 bits per heavy atom. The Bertz CT molecular complexity index is 760. The quantitative estimate of drug-likeness (QED) is 0.400. The summed E-state index contributed by atoms with van der Waals surface area (Å²) in [6, 6.07) is 6.90. The molecule has 4 amide bonds. The maximum atomic E-state index is 12.9. The zero-order valence-corrected chi connectivity index (χ0v) is 16.7. The lowest BCUT2D eigenvalue weighted by atomic mass is 9.90. The standard InChI is InChI=1S/C20H27N3O5/c1-13(2)14-7-9-15(10-8-14)20(3)18(26)23(19(27)22-20)12-16(24)21-11-5-6-17(25)28-4/h7-10,13H,5-6,11-12H2,1-4H3,(H,21,24)(H,22,27)/t20-/m1/s1. The molecule has 0 saturated carbocycles. The highest BCUT2D eigenvalue weighted by molar-refractivity contribution is 6.09. The van der Waals surface area contributed by atoms with E-state index in [0.717, 1.165) is 10.5 Å². The van der Waals surface area contributed by atoms with Crippen molar-refractivity contribution in [2.24, 2.45) is 0 Å².